The van der Waals surface area contributed by atoms with Gasteiger partial charge in [-0.3, -0.25) is 4.79 Å². The topological polar surface area (TPSA) is 72.7 Å². The molecule has 0 saturated heterocycles. The van der Waals surface area contributed by atoms with Crippen LogP contribution in [0, 0.1) is 13.8 Å². The summed E-state index contributed by atoms with van der Waals surface area (Å²) in [5, 5.41) is 15.2. The number of thioether (sulfide) groups is 1. The molecule has 0 aliphatic heterocycles. The van der Waals surface area contributed by atoms with E-state index >= 15 is 0 Å². The second-order valence-corrected chi connectivity index (χ2v) is 6.70. The molecular weight excluding hydrogens is 334 g/mol. The summed E-state index contributed by atoms with van der Waals surface area (Å²) < 4.78 is 1.64. The lowest BCUT2D eigenvalue weighted by Crippen LogP contribution is -2.24. The monoisotopic (exact) mass is 353 g/mol. The van der Waals surface area contributed by atoms with Crippen LogP contribution in [-0.2, 0) is 11.3 Å². The van der Waals surface area contributed by atoms with Gasteiger partial charge >= 0.3 is 0 Å². The lowest BCUT2D eigenvalue weighted by atomic mass is 10.1. The minimum atomic E-state index is -0.0518. The van der Waals surface area contributed by atoms with E-state index in [9.17, 15) is 4.79 Å². The second-order valence-electron chi connectivity index (χ2n) is 5.76. The maximum absolute atomic E-state index is 12.1. The van der Waals surface area contributed by atoms with Crippen molar-refractivity contribution in [2.45, 2.75) is 25.5 Å². The molecule has 6 nitrogen and oxygen atoms in total. The molecule has 0 bridgehead atoms. The van der Waals surface area contributed by atoms with Crippen LogP contribution in [0.25, 0.3) is 5.69 Å². The van der Waals surface area contributed by atoms with E-state index in [1.54, 1.807) is 4.68 Å². The average Bonchev–Trinajstić information content (AvgIpc) is 3.09. The van der Waals surface area contributed by atoms with Gasteiger partial charge in [-0.25, -0.2) is 0 Å². The van der Waals surface area contributed by atoms with E-state index in [2.05, 4.69) is 20.8 Å². The summed E-state index contributed by atoms with van der Waals surface area (Å²) in [4.78, 5) is 12.1. The molecule has 3 rings (SSSR count). The van der Waals surface area contributed by atoms with E-state index in [0.29, 0.717) is 11.7 Å². The van der Waals surface area contributed by atoms with Crippen molar-refractivity contribution < 1.29 is 4.79 Å². The quantitative estimate of drug-likeness (QED) is 0.690. The normalized spacial score (nSPS) is 10.6. The van der Waals surface area contributed by atoms with Gasteiger partial charge in [-0.15, -0.1) is 5.10 Å². The van der Waals surface area contributed by atoms with Gasteiger partial charge in [0.1, 0.15) is 0 Å². The van der Waals surface area contributed by atoms with Crippen molar-refractivity contribution in [3.63, 3.8) is 0 Å². The van der Waals surface area contributed by atoms with E-state index in [4.69, 9.17) is 0 Å². The summed E-state index contributed by atoms with van der Waals surface area (Å²) in [5.74, 6) is 0.210. The third-order valence-corrected chi connectivity index (χ3v) is 4.58. The second kappa shape index (κ2) is 7.94. The van der Waals surface area contributed by atoms with Gasteiger partial charge < -0.3 is 5.32 Å². The van der Waals surface area contributed by atoms with Crippen molar-refractivity contribution in [3.05, 3.63) is 65.2 Å². The molecule has 0 radical (unpaired) electrons. The first-order valence-electron chi connectivity index (χ1n) is 7.92. The van der Waals surface area contributed by atoms with Crippen molar-refractivity contribution in [1.29, 1.82) is 0 Å². The van der Waals surface area contributed by atoms with E-state index in [1.807, 2.05) is 62.4 Å². The first-order valence-corrected chi connectivity index (χ1v) is 8.91. The van der Waals surface area contributed by atoms with Gasteiger partial charge in [-0.1, -0.05) is 59.3 Å². The molecule has 128 valence electrons. The molecule has 0 atom stereocenters. The molecule has 0 fully saturated rings. The standard InChI is InChI=1S/C18H19N5OS/c1-13-3-7-15(8-4-13)11-19-17(24)12-25-18-20-21-22-23(18)16-9-5-14(2)6-10-16/h3-10H,11-12H2,1-2H3,(H,19,24). The number of nitrogens with zero attached hydrogens (tertiary/aromatic N) is 4. The third-order valence-electron chi connectivity index (χ3n) is 3.66. The summed E-state index contributed by atoms with van der Waals surface area (Å²) in [7, 11) is 0. The van der Waals surface area contributed by atoms with Crippen molar-refractivity contribution in [2.75, 3.05) is 5.75 Å². The highest BCUT2D eigenvalue weighted by atomic mass is 32.2. The molecule has 2 aromatic carbocycles. The smallest absolute Gasteiger partial charge is 0.230 e. The highest BCUT2D eigenvalue weighted by molar-refractivity contribution is 7.99. The number of nitrogens with one attached hydrogen (secondary N) is 1. The lowest BCUT2D eigenvalue weighted by molar-refractivity contribution is -0.118. The summed E-state index contributed by atoms with van der Waals surface area (Å²) in [6.07, 6.45) is 0. The van der Waals surface area contributed by atoms with E-state index in [1.165, 1.54) is 22.9 Å². The summed E-state index contributed by atoms with van der Waals surface area (Å²) >= 11 is 1.31. The van der Waals surface area contributed by atoms with Crippen molar-refractivity contribution in [2.24, 2.45) is 0 Å². The number of hydrogen-bond donors (Lipinski definition) is 1. The maximum Gasteiger partial charge on any atom is 0.230 e. The van der Waals surface area contributed by atoms with E-state index in [-0.39, 0.29) is 11.7 Å². The van der Waals surface area contributed by atoms with Gasteiger partial charge in [0.2, 0.25) is 11.1 Å². The van der Waals surface area contributed by atoms with Crippen LogP contribution < -0.4 is 5.32 Å². The number of carbonyl (C=O) groups is 1. The maximum atomic E-state index is 12.1. The van der Waals surface area contributed by atoms with Crippen LogP contribution in [0.4, 0.5) is 0 Å². The van der Waals surface area contributed by atoms with Crippen molar-refractivity contribution in [3.8, 4) is 5.69 Å². The number of benzene rings is 2. The fourth-order valence-corrected chi connectivity index (χ4v) is 2.93. The molecular formula is C18H19N5OS. The van der Waals surface area contributed by atoms with E-state index in [0.717, 1.165) is 11.3 Å². The molecule has 0 aliphatic carbocycles. The molecule has 1 heterocycles. The summed E-state index contributed by atoms with van der Waals surface area (Å²) in [6.45, 7) is 4.58. The zero-order valence-electron chi connectivity index (χ0n) is 14.1. The number of tetrazole rings is 1. The van der Waals surface area contributed by atoms with Crippen LogP contribution in [0.1, 0.15) is 16.7 Å². The molecule has 1 amide bonds. The molecule has 1 N–H and O–H groups in total. The SMILES string of the molecule is Cc1ccc(CNC(=O)CSc2nnnn2-c2ccc(C)cc2)cc1. The largest absolute Gasteiger partial charge is 0.351 e. The number of aryl methyl sites for hydroxylation is 2. The minimum Gasteiger partial charge on any atom is -0.351 e. The molecule has 0 spiro atoms. The Labute approximate surface area is 150 Å². The fourth-order valence-electron chi connectivity index (χ4n) is 2.20. The summed E-state index contributed by atoms with van der Waals surface area (Å²) in [6, 6.07) is 16.0. The lowest BCUT2D eigenvalue weighted by Gasteiger charge is -2.06. The average molecular weight is 353 g/mol. The van der Waals surface area contributed by atoms with Gasteiger partial charge in [0.05, 0.1) is 11.4 Å². The van der Waals surface area contributed by atoms with Gasteiger partial charge in [0.25, 0.3) is 0 Å². The predicted molar refractivity (Wildman–Crippen MR) is 97.6 cm³/mol. The fraction of sp³-hybridized carbons (Fsp3) is 0.222. The van der Waals surface area contributed by atoms with Crippen LogP contribution >= 0.6 is 11.8 Å². The Balaban J connectivity index is 1.55. The zero-order valence-corrected chi connectivity index (χ0v) is 15.0. The number of rotatable bonds is 6. The third kappa shape index (κ3) is 4.67. The van der Waals surface area contributed by atoms with Gasteiger partial charge in [0, 0.05) is 6.54 Å². The molecule has 1 aromatic heterocycles. The summed E-state index contributed by atoms with van der Waals surface area (Å²) in [5.41, 5.74) is 4.32. The molecule has 0 saturated carbocycles. The van der Waals surface area contributed by atoms with Gasteiger partial charge in [-0.2, -0.15) is 4.68 Å². The first-order chi connectivity index (χ1) is 12.1. The number of hydrogen-bond acceptors (Lipinski definition) is 5. The Bertz CT molecular complexity index is 843. The molecule has 0 aliphatic rings. The minimum absolute atomic E-state index is 0.0518. The van der Waals surface area contributed by atoms with Crippen molar-refractivity contribution >= 4 is 17.7 Å². The van der Waals surface area contributed by atoms with Crippen LogP contribution in [0.5, 0.6) is 0 Å². The highest BCUT2D eigenvalue weighted by Crippen LogP contribution is 2.18. The molecule has 25 heavy (non-hydrogen) atoms. The Kier molecular flexibility index (Phi) is 5.45. The first kappa shape index (κ1) is 17.2. The number of aromatic nitrogens is 4. The highest BCUT2D eigenvalue weighted by Gasteiger charge is 2.11. The Morgan fingerprint density at radius 3 is 2.36 bits per heavy atom. The van der Waals surface area contributed by atoms with Crippen LogP contribution in [0.2, 0.25) is 0 Å². The Hall–Kier alpha value is -2.67. The van der Waals surface area contributed by atoms with Crippen LogP contribution in [0.15, 0.2) is 53.7 Å². The van der Waals surface area contributed by atoms with Gasteiger partial charge in [-0.05, 0) is 42.0 Å². The Morgan fingerprint density at radius 2 is 1.68 bits per heavy atom. The van der Waals surface area contributed by atoms with Crippen LogP contribution in [0.3, 0.4) is 0 Å². The molecule has 0 unspecified atom stereocenters. The number of amides is 1. The molecule has 7 heteroatoms. The van der Waals surface area contributed by atoms with Crippen molar-refractivity contribution in [1.82, 2.24) is 25.5 Å². The van der Waals surface area contributed by atoms with E-state index < -0.39 is 0 Å². The van der Waals surface area contributed by atoms with Gasteiger partial charge in [0.15, 0.2) is 0 Å². The Morgan fingerprint density at radius 1 is 1.04 bits per heavy atom. The molecule has 3 aromatic rings. The zero-order chi connectivity index (χ0) is 17.6. The number of carbonyl (C=O) groups excluding carboxylic acids is 1. The predicted octanol–water partition coefficient (Wildman–Crippen LogP) is 2.69. The van der Waals surface area contributed by atoms with Crippen LogP contribution in [-0.4, -0.2) is 31.9 Å².